The third-order valence-electron chi connectivity index (χ3n) is 3.92. The fourth-order valence-electron chi connectivity index (χ4n) is 2.72. The number of hydrogen-bond acceptors (Lipinski definition) is 5. The van der Waals surface area contributed by atoms with Gasteiger partial charge in [-0.25, -0.2) is 0 Å². The summed E-state index contributed by atoms with van der Waals surface area (Å²) in [6, 6.07) is 12.2. The van der Waals surface area contributed by atoms with E-state index in [1.54, 1.807) is 13.0 Å². The lowest BCUT2D eigenvalue weighted by atomic mass is 9.98. The lowest BCUT2D eigenvalue weighted by molar-refractivity contribution is 0.567. The minimum absolute atomic E-state index is 0.360. The molecule has 0 atom stereocenters. The Hall–Kier alpha value is -2.86. The lowest BCUT2D eigenvalue weighted by Crippen LogP contribution is -2.03. The first-order valence-corrected chi connectivity index (χ1v) is 9.04. The van der Waals surface area contributed by atoms with Gasteiger partial charge in [0.2, 0.25) is 0 Å². The molecule has 0 aliphatic heterocycles. The topological polar surface area (TPSA) is 63.7 Å². The van der Waals surface area contributed by atoms with Gasteiger partial charge in [0.15, 0.2) is 0 Å². The second-order valence-corrected chi connectivity index (χ2v) is 7.38. The summed E-state index contributed by atoms with van der Waals surface area (Å²) in [5, 5.41) is 21.0. The average molecular weight is 379 g/mol. The summed E-state index contributed by atoms with van der Waals surface area (Å²) in [5.41, 5.74) is 2.41. The highest BCUT2D eigenvalue weighted by Crippen LogP contribution is 2.45. The van der Waals surface area contributed by atoms with Crippen molar-refractivity contribution in [3.8, 4) is 22.6 Å². The van der Waals surface area contributed by atoms with E-state index < -0.39 is 0 Å². The number of nitrogens with zero attached hydrogens (tertiary/aromatic N) is 4. The molecule has 6 heteroatoms. The van der Waals surface area contributed by atoms with E-state index in [4.69, 9.17) is 11.6 Å². The SMILES string of the molecule is Cc1nc(/C=C/N(C)C)c(C#N)c(-c2sc3ccccc3c2Cl)c1C#N. The number of hydrogen-bond donors (Lipinski definition) is 0. The molecular weight excluding hydrogens is 364 g/mol. The number of benzene rings is 1. The van der Waals surface area contributed by atoms with Gasteiger partial charge in [-0.15, -0.1) is 11.3 Å². The Labute approximate surface area is 161 Å². The predicted octanol–water partition coefficient (Wildman–Crippen LogP) is 5.20. The number of rotatable bonds is 3. The van der Waals surface area contributed by atoms with Crippen molar-refractivity contribution in [2.45, 2.75) is 6.92 Å². The lowest BCUT2D eigenvalue weighted by Gasteiger charge is -2.11. The van der Waals surface area contributed by atoms with Crippen LogP contribution in [0.15, 0.2) is 30.5 Å². The van der Waals surface area contributed by atoms with Gasteiger partial charge >= 0.3 is 0 Å². The van der Waals surface area contributed by atoms with Gasteiger partial charge in [-0.05, 0) is 19.1 Å². The Balaban J connectivity index is 2.40. The third kappa shape index (κ3) is 3.04. The standard InChI is InChI=1S/C20H15ClN4S/c1-12-14(10-22)18(15(11-23)16(24-12)8-9-25(2)3)20-19(21)13-6-4-5-7-17(13)26-20/h4-9H,1-3H3/b9-8+. The van der Waals surface area contributed by atoms with Gasteiger partial charge in [-0.2, -0.15) is 10.5 Å². The highest BCUT2D eigenvalue weighted by Gasteiger charge is 2.23. The van der Waals surface area contributed by atoms with Crippen molar-refractivity contribution in [3.63, 3.8) is 0 Å². The normalized spacial score (nSPS) is 10.8. The first kappa shape index (κ1) is 17.9. The monoisotopic (exact) mass is 378 g/mol. The van der Waals surface area contributed by atoms with Crippen molar-refractivity contribution in [1.29, 1.82) is 10.5 Å². The third-order valence-corrected chi connectivity index (χ3v) is 5.62. The molecule has 128 valence electrons. The predicted molar refractivity (Wildman–Crippen MR) is 107 cm³/mol. The molecule has 0 spiro atoms. The summed E-state index contributed by atoms with van der Waals surface area (Å²) in [4.78, 5) is 7.05. The van der Waals surface area contributed by atoms with E-state index in [0.717, 1.165) is 15.0 Å². The first-order chi connectivity index (χ1) is 12.5. The van der Waals surface area contributed by atoms with Crippen LogP contribution in [0, 0.1) is 29.6 Å². The molecule has 3 rings (SSSR count). The maximum Gasteiger partial charge on any atom is 0.102 e. The van der Waals surface area contributed by atoms with Crippen molar-refractivity contribution < 1.29 is 0 Å². The van der Waals surface area contributed by atoms with Gasteiger partial charge in [0.05, 0.1) is 32.4 Å². The molecule has 0 radical (unpaired) electrons. The van der Waals surface area contributed by atoms with E-state index in [1.807, 2.05) is 49.5 Å². The quantitative estimate of drug-likeness (QED) is 0.628. The molecule has 3 aromatic rings. The van der Waals surface area contributed by atoms with Crippen LogP contribution in [-0.4, -0.2) is 24.0 Å². The number of nitriles is 2. The van der Waals surface area contributed by atoms with Gasteiger partial charge in [-0.3, -0.25) is 4.98 Å². The molecule has 0 aliphatic carbocycles. The van der Waals surface area contributed by atoms with Crippen LogP contribution in [0.5, 0.6) is 0 Å². The molecule has 2 aromatic heterocycles. The molecule has 1 aromatic carbocycles. The molecule has 4 nitrogen and oxygen atoms in total. The molecule has 26 heavy (non-hydrogen) atoms. The number of thiophene rings is 1. The minimum Gasteiger partial charge on any atom is -0.383 e. The second-order valence-electron chi connectivity index (χ2n) is 5.95. The largest absolute Gasteiger partial charge is 0.383 e. The maximum atomic E-state index is 9.82. The Morgan fingerprint density at radius 2 is 1.85 bits per heavy atom. The number of pyridine rings is 1. The fraction of sp³-hybridized carbons (Fsp3) is 0.150. The van der Waals surface area contributed by atoms with Crippen LogP contribution in [0.25, 0.3) is 26.6 Å². The van der Waals surface area contributed by atoms with Gasteiger partial charge < -0.3 is 4.90 Å². The zero-order valence-corrected chi connectivity index (χ0v) is 16.1. The maximum absolute atomic E-state index is 9.82. The summed E-state index contributed by atoms with van der Waals surface area (Å²) in [7, 11) is 3.78. The van der Waals surface area contributed by atoms with Crippen molar-refractivity contribution in [2.24, 2.45) is 0 Å². The van der Waals surface area contributed by atoms with Crippen LogP contribution in [0.3, 0.4) is 0 Å². The molecule has 0 saturated carbocycles. The molecular formula is C20H15ClN4S. The van der Waals surface area contributed by atoms with E-state index in [1.165, 1.54) is 11.3 Å². The number of aromatic nitrogens is 1. The molecule has 0 saturated heterocycles. The van der Waals surface area contributed by atoms with Crippen molar-refractivity contribution in [2.75, 3.05) is 14.1 Å². The molecule has 0 fully saturated rings. The van der Waals surface area contributed by atoms with Crippen molar-refractivity contribution in [3.05, 3.63) is 58.0 Å². The summed E-state index contributed by atoms with van der Waals surface area (Å²) in [6.45, 7) is 1.78. The van der Waals surface area contributed by atoms with Crippen molar-refractivity contribution >= 4 is 39.1 Å². The van der Waals surface area contributed by atoms with E-state index in [2.05, 4.69) is 17.1 Å². The van der Waals surface area contributed by atoms with Crippen LogP contribution in [0.1, 0.15) is 22.5 Å². The smallest absolute Gasteiger partial charge is 0.102 e. The van der Waals surface area contributed by atoms with E-state index in [9.17, 15) is 10.5 Å². The van der Waals surface area contributed by atoms with Crippen LogP contribution < -0.4 is 0 Å². The van der Waals surface area contributed by atoms with Gasteiger partial charge in [-0.1, -0.05) is 29.8 Å². The Morgan fingerprint density at radius 1 is 1.15 bits per heavy atom. The molecule has 0 unspecified atom stereocenters. The Bertz CT molecular complexity index is 1110. The van der Waals surface area contributed by atoms with Crippen LogP contribution in [-0.2, 0) is 0 Å². The minimum atomic E-state index is 0.360. The van der Waals surface area contributed by atoms with Crippen LogP contribution in [0.4, 0.5) is 0 Å². The Morgan fingerprint density at radius 3 is 2.46 bits per heavy atom. The highest BCUT2D eigenvalue weighted by atomic mass is 35.5. The summed E-state index contributed by atoms with van der Waals surface area (Å²) in [6.07, 6.45) is 3.60. The number of fused-ring (bicyclic) bond motifs is 1. The van der Waals surface area contributed by atoms with Gasteiger partial charge in [0.25, 0.3) is 0 Å². The fourth-order valence-corrected chi connectivity index (χ4v) is 4.30. The Kier molecular flexibility index (Phi) is 4.95. The van der Waals surface area contributed by atoms with Gasteiger partial charge in [0, 0.05) is 35.9 Å². The summed E-state index contributed by atoms with van der Waals surface area (Å²) < 4.78 is 1.01. The molecule has 0 aliphatic rings. The van der Waals surface area contributed by atoms with Crippen molar-refractivity contribution in [1.82, 2.24) is 9.88 Å². The van der Waals surface area contributed by atoms with Gasteiger partial charge in [0.1, 0.15) is 12.1 Å². The van der Waals surface area contributed by atoms with Crippen LogP contribution >= 0.6 is 22.9 Å². The second kappa shape index (κ2) is 7.17. The number of halogens is 1. The van der Waals surface area contributed by atoms with E-state index in [-0.39, 0.29) is 0 Å². The molecule has 2 heterocycles. The molecule has 0 amide bonds. The number of aryl methyl sites for hydroxylation is 1. The zero-order chi connectivity index (χ0) is 18.8. The molecule has 0 bridgehead atoms. The van der Waals surface area contributed by atoms with E-state index in [0.29, 0.717) is 33.1 Å². The first-order valence-electron chi connectivity index (χ1n) is 7.84. The highest BCUT2D eigenvalue weighted by molar-refractivity contribution is 7.23. The van der Waals surface area contributed by atoms with E-state index >= 15 is 0 Å². The summed E-state index contributed by atoms with van der Waals surface area (Å²) >= 11 is 8.11. The molecule has 0 N–H and O–H groups in total. The zero-order valence-electron chi connectivity index (χ0n) is 14.5. The van der Waals surface area contributed by atoms with Crippen LogP contribution in [0.2, 0.25) is 5.02 Å². The summed E-state index contributed by atoms with van der Waals surface area (Å²) in [5.74, 6) is 0. The average Bonchev–Trinajstić information content (AvgIpc) is 2.96.